The van der Waals surface area contributed by atoms with Gasteiger partial charge in [-0.05, 0) is 23.8 Å². The van der Waals surface area contributed by atoms with Crippen molar-refractivity contribution in [1.82, 2.24) is 10.2 Å². The average Bonchev–Trinajstić information content (AvgIpc) is 2.40. The Labute approximate surface area is 98.3 Å². The van der Waals surface area contributed by atoms with E-state index in [0.717, 1.165) is 11.3 Å². The van der Waals surface area contributed by atoms with E-state index in [1.165, 1.54) is 6.08 Å². The Hall–Kier alpha value is -2.07. The van der Waals surface area contributed by atoms with Crippen molar-refractivity contribution < 1.29 is 9.50 Å². The van der Waals surface area contributed by atoms with Crippen LogP contribution in [0.1, 0.15) is 5.56 Å². The molecule has 0 bridgehead atoms. The molecule has 2 rings (SSSR count). The zero-order chi connectivity index (χ0) is 12.1. The number of nitrogens with zero attached hydrogens (tertiary/aromatic N) is 2. The Morgan fingerprint density at radius 1 is 1.24 bits per heavy atom. The summed E-state index contributed by atoms with van der Waals surface area (Å²) in [5.74, 6) is -0.558. The monoisotopic (exact) mass is 230 g/mol. The summed E-state index contributed by atoms with van der Waals surface area (Å²) >= 11 is 0. The number of aliphatic hydroxyl groups excluding tert-OH is 1. The second-order valence-electron chi connectivity index (χ2n) is 3.48. The van der Waals surface area contributed by atoms with Crippen LogP contribution >= 0.6 is 0 Å². The molecule has 1 heterocycles. The fourth-order valence-electron chi connectivity index (χ4n) is 1.43. The summed E-state index contributed by atoms with van der Waals surface area (Å²) in [7, 11) is 0. The average molecular weight is 230 g/mol. The minimum atomic E-state index is -0.577. The Balaban J connectivity index is 2.25. The lowest BCUT2D eigenvalue weighted by Crippen LogP contribution is -1.86. The zero-order valence-electron chi connectivity index (χ0n) is 9.05. The first kappa shape index (κ1) is 11.4. The summed E-state index contributed by atoms with van der Waals surface area (Å²) in [5, 5.41) is 16.3. The maximum absolute atomic E-state index is 12.8. The zero-order valence-corrected chi connectivity index (χ0v) is 9.05. The molecule has 0 saturated carbocycles. The molecule has 1 aromatic heterocycles. The Bertz CT molecular complexity index is 509. The van der Waals surface area contributed by atoms with Gasteiger partial charge in [0.1, 0.15) is 5.83 Å². The minimum Gasteiger partial charge on any atom is -0.389 e. The van der Waals surface area contributed by atoms with E-state index >= 15 is 0 Å². The number of aromatic nitrogens is 2. The highest BCUT2D eigenvalue weighted by molar-refractivity contribution is 5.62. The predicted octanol–water partition coefficient (Wildman–Crippen LogP) is 2.45. The molecule has 1 N–H and O–H groups in total. The summed E-state index contributed by atoms with van der Waals surface area (Å²) in [6, 6.07) is 10.9. The van der Waals surface area contributed by atoms with Crippen molar-refractivity contribution >= 4 is 6.08 Å². The van der Waals surface area contributed by atoms with Crippen molar-refractivity contribution in [3.8, 4) is 11.3 Å². The van der Waals surface area contributed by atoms with Gasteiger partial charge >= 0.3 is 0 Å². The Morgan fingerprint density at radius 2 is 2.00 bits per heavy atom. The fourth-order valence-corrected chi connectivity index (χ4v) is 1.43. The van der Waals surface area contributed by atoms with E-state index in [9.17, 15) is 4.39 Å². The molecule has 0 atom stereocenters. The Kier molecular flexibility index (Phi) is 3.57. The third-order valence-corrected chi connectivity index (χ3v) is 2.25. The second kappa shape index (κ2) is 5.32. The van der Waals surface area contributed by atoms with Crippen molar-refractivity contribution in [2.45, 2.75) is 0 Å². The van der Waals surface area contributed by atoms with Crippen LogP contribution in [0, 0.1) is 0 Å². The van der Waals surface area contributed by atoms with Gasteiger partial charge in [0, 0.05) is 11.8 Å². The molecular formula is C13H11FN2O. The van der Waals surface area contributed by atoms with Gasteiger partial charge in [-0.1, -0.05) is 24.3 Å². The van der Waals surface area contributed by atoms with Crippen molar-refractivity contribution in [3.63, 3.8) is 0 Å². The molecule has 0 aliphatic rings. The van der Waals surface area contributed by atoms with Gasteiger partial charge in [-0.15, -0.1) is 0 Å². The van der Waals surface area contributed by atoms with E-state index < -0.39 is 12.4 Å². The van der Waals surface area contributed by atoms with Gasteiger partial charge in [-0.3, -0.25) is 0 Å². The molecule has 0 saturated heterocycles. The lowest BCUT2D eigenvalue weighted by molar-refractivity contribution is 0.300. The molecule has 0 spiro atoms. The highest BCUT2D eigenvalue weighted by atomic mass is 19.1. The van der Waals surface area contributed by atoms with E-state index in [0.29, 0.717) is 5.56 Å². The lowest BCUT2D eigenvalue weighted by Gasteiger charge is -2.00. The Morgan fingerprint density at radius 3 is 2.59 bits per heavy atom. The van der Waals surface area contributed by atoms with Crippen molar-refractivity contribution in [2.24, 2.45) is 0 Å². The molecule has 3 nitrogen and oxygen atoms in total. The van der Waals surface area contributed by atoms with Crippen LogP contribution in [0.3, 0.4) is 0 Å². The summed E-state index contributed by atoms with van der Waals surface area (Å²) in [4.78, 5) is 0. The van der Waals surface area contributed by atoms with Crippen LogP contribution in [-0.2, 0) is 0 Å². The summed E-state index contributed by atoms with van der Waals surface area (Å²) in [6.07, 6.45) is 2.90. The van der Waals surface area contributed by atoms with Gasteiger partial charge in [0.25, 0.3) is 0 Å². The molecular weight excluding hydrogens is 219 g/mol. The standard InChI is InChI=1S/C13H11FN2O/c14-12(9-17)8-10-3-5-11(6-4-10)13-2-1-7-15-16-13/h1-8,17H,9H2/b12-8-. The largest absolute Gasteiger partial charge is 0.389 e. The topological polar surface area (TPSA) is 46.0 Å². The van der Waals surface area contributed by atoms with Gasteiger partial charge < -0.3 is 5.11 Å². The number of hydrogen-bond donors (Lipinski definition) is 1. The van der Waals surface area contributed by atoms with Crippen LogP contribution in [-0.4, -0.2) is 21.9 Å². The van der Waals surface area contributed by atoms with Crippen LogP contribution < -0.4 is 0 Å². The van der Waals surface area contributed by atoms with Crippen molar-refractivity contribution in [1.29, 1.82) is 0 Å². The SMILES string of the molecule is OC/C(F)=C/c1ccc(-c2cccnn2)cc1. The van der Waals surface area contributed by atoms with Crippen LogP contribution in [0.5, 0.6) is 0 Å². The molecule has 86 valence electrons. The molecule has 0 aliphatic carbocycles. The normalized spacial score (nSPS) is 11.5. The maximum atomic E-state index is 12.8. The second-order valence-corrected chi connectivity index (χ2v) is 3.48. The predicted molar refractivity (Wildman–Crippen MR) is 63.6 cm³/mol. The number of hydrogen-bond acceptors (Lipinski definition) is 3. The van der Waals surface area contributed by atoms with Gasteiger partial charge in [0.2, 0.25) is 0 Å². The maximum Gasteiger partial charge on any atom is 0.126 e. The molecule has 1 aromatic carbocycles. The van der Waals surface area contributed by atoms with Crippen LogP contribution in [0.15, 0.2) is 48.4 Å². The first-order valence-electron chi connectivity index (χ1n) is 5.14. The van der Waals surface area contributed by atoms with Crippen LogP contribution in [0.25, 0.3) is 17.3 Å². The number of halogens is 1. The lowest BCUT2D eigenvalue weighted by atomic mass is 10.1. The fraction of sp³-hybridized carbons (Fsp3) is 0.0769. The van der Waals surface area contributed by atoms with E-state index in [1.807, 2.05) is 24.3 Å². The quantitative estimate of drug-likeness (QED) is 0.880. The summed E-state index contributed by atoms with van der Waals surface area (Å²) < 4.78 is 12.8. The molecule has 0 aliphatic heterocycles. The molecule has 4 heteroatoms. The van der Waals surface area contributed by atoms with Crippen LogP contribution in [0.4, 0.5) is 4.39 Å². The van der Waals surface area contributed by atoms with E-state index in [1.54, 1.807) is 18.3 Å². The smallest absolute Gasteiger partial charge is 0.126 e. The molecule has 0 fully saturated rings. The summed E-state index contributed by atoms with van der Waals surface area (Å²) in [6.45, 7) is -0.577. The van der Waals surface area contributed by atoms with Crippen molar-refractivity contribution in [3.05, 3.63) is 54.0 Å². The molecule has 0 amide bonds. The highest BCUT2D eigenvalue weighted by Gasteiger charge is 1.99. The first-order valence-corrected chi connectivity index (χ1v) is 5.14. The number of benzene rings is 1. The van der Waals surface area contributed by atoms with Gasteiger partial charge in [0.05, 0.1) is 12.3 Å². The number of aliphatic hydroxyl groups is 1. The van der Waals surface area contributed by atoms with E-state index in [4.69, 9.17) is 5.11 Å². The van der Waals surface area contributed by atoms with Gasteiger partial charge in [0.15, 0.2) is 0 Å². The third kappa shape index (κ3) is 2.95. The van der Waals surface area contributed by atoms with Crippen LogP contribution in [0.2, 0.25) is 0 Å². The third-order valence-electron chi connectivity index (χ3n) is 2.25. The first-order chi connectivity index (χ1) is 8.29. The molecule has 0 radical (unpaired) electrons. The van der Waals surface area contributed by atoms with Crippen molar-refractivity contribution in [2.75, 3.05) is 6.61 Å². The number of rotatable bonds is 3. The van der Waals surface area contributed by atoms with E-state index in [-0.39, 0.29) is 0 Å². The molecule has 17 heavy (non-hydrogen) atoms. The molecule has 2 aromatic rings. The van der Waals surface area contributed by atoms with Gasteiger partial charge in [-0.25, -0.2) is 4.39 Å². The summed E-state index contributed by atoms with van der Waals surface area (Å²) in [5.41, 5.74) is 2.38. The van der Waals surface area contributed by atoms with Gasteiger partial charge in [-0.2, -0.15) is 10.2 Å². The molecule has 0 unspecified atom stereocenters. The van der Waals surface area contributed by atoms with E-state index in [2.05, 4.69) is 10.2 Å². The minimum absolute atomic E-state index is 0.558. The highest BCUT2D eigenvalue weighted by Crippen LogP contribution is 2.17.